The third-order valence-electron chi connectivity index (χ3n) is 1.89. The smallest absolute Gasteiger partial charge is 0.229 e. The molecule has 0 amide bonds. The Kier molecular flexibility index (Phi) is 3.07. The highest BCUT2D eigenvalue weighted by molar-refractivity contribution is 7.80. The number of ether oxygens (including phenoxy) is 1. The Balaban J connectivity index is 2.31. The average Bonchev–Trinajstić information content (AvgIpc) is 2.31. The largest absolute Gasteiger partial charge is 0.437 e. The van der Waals surface area contributed by atoms with Crippen molar-refractivity contribution in [2.24, 2.45) is 5.73 Å². The van der Waals surface area contributed by atoms with Crippen LogP contribution in [0.2, 0.25) is 0 Å². The van der Waals surface area contributed by atoms with Crippen LogP contribution in [-0.2, 0) is 0 Å². The van der Waals surface area contributed by atoms with Gasteiger partial charge >= 0.3 is 0 Å². The average molecular weight is 231 g/mol. The molecule has 0 bridgehead atoms. The van der Waals surface area contributed by atoms with Crippen LogP contribution in [0.15, 0.2) is 42.9 Å². The first-order chi connectivity index (χ1) is 7.77. The molecule has 0 aliphatic rings. The number of thiocarbonyl (C=S) groups is 1. The molecule has 0 saturated heterocycles. The van der Waals surface area contributed by atoms with Gasteiger partial charge in [-0.25, -0.2) is 4.98 Å². The summed E-state index contributed by atoms with van der Waals surface area (Å²) in [6.45, 7) is 0. The van der Waals surface area contributed by atoms with E-state index in [4.69, 9.17) is 22.7 Å². The number of nitrogens with zero attached hydrogens (tertiary/aromatic N) is 2. The molecule has 0 unspecified atom stereocenters. The van der Waals surface area contributed by atoms with Gasteiger partial charge in [0.2, 0.25) is 5.88 Å². The Bertz CT molecular complexity index is 502. The van der Waals surface area contributed by atoms with Crippen molar-refractivity contribution in [3.8, 4) is 11.6 Å². The Morgan fingerprint density at radius 2 is 2.06 bits per heavy atom. The van der Waals surface area contributed by atoms with Crippen molar-refractivity contribution in [1.29, 1.82) is 0 Å². The standard InChI is InChI=1S/C11H9N3OS/c12-10(16)9-4-2-6-14-11(9)15-8-3-1-5-13-7-8/h1-7H,(H2,12,16). The Hall–Kier alpha value is -2.01. The molecule has 0 fully saturated rings. The molecule has 5 heteroatoms. The lowest BCUT2D eigenvalue weighted by molar-refractivity contribution is 0.460. The summed E-state index contributed by atoms with van der Waals surface area (Å²) in [5.41, 5.74) is 6.18. The molecule has 0 aliphatic carbocycles. The van der Waals surface area contributed by atoms with E-state index < -0.39 is 0 Å². The number of pyridine rings is 2. The lowest BCUT2D eigenvalue weighted by Gasteiger charge is -2.07. The van der Waals surface area contributed by atoms with Crippen LogP contribution in [0.4, 0.5) is 0 Å². The van der Waals surface area contributed by atoms with Gasteiger partial charge in [-0.05, 0) is 24.3 Å². The third kappa shape index (κ3) is 2.32. The fourth-order valence-electron chi connectivity index (χ4n) is 1.18. The Labute approximate surface area is 98.1 Å². The lowest BCUT2D eigenvalue weighted by Crippen LogP contribution is -2.11. The van der Waals surface area contributed by atoms with Gasteiger partial charge in [-0.2, -0.15) is 0 Å². The zero-order valence-corrected chi connectivity index (χ0v) is 9.15. The fraction of sp³-hybridized carbons (Fsp3) is 0. The lowest BCUT2D eigenvalue weighted by atomic mass is 10.3. The van der Waals surface area contributed by atoms with Crippen LogP contribution < -0.4 is 10.5 Å². The molecular weight excluding hydrogens is 222 g/mol. The minimum atomic E-state index is 0.256. The van der Waals surface area contributed by atoms with Gasteiger partial charge < -0.3 is 10.5 Å². The van der Waals surface area contributed by atoms with E-state index in [1.54, 1.807) is 42.9 Å². The van der Waals surface area contributed by atoms with Crippen molar-refractivity contribution in [3.05, 3.63) is 48.4 Å². The molecular formula is C11H9N3OS. The molecule has 0 spiro atoms. The van der Waals surface area contributed by atoms with Crippen LogP contribution in [0.1, 0.15) is 5.56 Å². The minimum Gasteiger partial charge on any atom is -0.437 e. The zero-order valence-electron chi connectivity index (χ0n) is 8.33. The van der Waals surface area contributed by atoms with Gasteiger partial charge in [-0.3, -0.25) is 4.98 Å². The van der Waals surface area contributed by atoms with E-state index in [1.807, 2.05) is 0 Å². The van der Waals surface area contributed by atoms with E-state index in [0.29, 0.717) is 17.2 Å². The number of hydrogen-bond acceptors (Lipinski definition) is 4. The number of aromatic nitrogens is 2. The maximum Gasteiger partial charge on any atom is 0.229 e. The zero-order chi connectivity index (χ0) is 11.4. The van der Waals surface area contributed by atoms with Crippen molar-refractivity contribution in [3.63, 3.8) is 0 Å². The van der Waals surface area contributed by atoms with Gasteiger partial charge in [0.25, 0.3) is 0 Å². The molecule has 2 aromatic heterocycles. The summed E-state index contributed by atoms with van der Waals surface area (Å²) in [4.78, 5) is 8.27. The summed E-state index contributed by atoms with van der Waals surface area (Å²) >= 11 is 4.91. The highest BCUT2D eigenvalue weighted by Crippen LogP contribution is 2.21. The van der Waals surface area contributed by atoms with Crippen molar-refractivity contribution >= 4 is 17.2 Å². The number of rotatable bonds is 3. The highest BCUT2D eigenvalue weighted by atomic mass is 32.1. The predicted octanol–water partition coefficient (Wildman–Crippen LogP) is 1.90. The highest BCUT2D eigenvalue weighted by Gasteiger charge is 2.07. The van der Waals surface area contributed by atoms with Crippen LogP contribution in [0.25, 0.3) is 0 Å². The summed E-state index contributed by atoms with van der Waals surface area (Å²) < 4.78 is 5.53. The molecule has 0 aliphatic heterocycles. The second kappa shape index (κ2) is 4.67. The molecule has 2 N–H and O–H groups in total. The number of nitrogens with two attached hydrogens (primary N) is 1. The summed E-state index contributed by atoms with van der Waals surface area (Å²) in [6.07, 6.45) is 4.88. The topological polar surface area (TPSA) is 61.0 Å². The minimum absolute atomic E-state index is 0.256. The molecule has 2 rings (SSSR count). The van der Waals surface area contributed by atoms with Crippen molar-refractivity contribution in [2.45, 2.75) is 0 Å². The van der Waals surface area contributed by atoms with Crippen LogP contribution >= 0.6 is 12.2 Å². The van der Waals surface area contributed by atoms with Crippen LogP contribution in [0, 0.1) is 0 Å². The molecule has 0 atom stereocenters. The van der Waals surface area contributed by atoms with Crippen LogP contribution in [0.3, 0.4) is 0 Å². The second-order valence-corrected chi connectivity index (χ2v) is 3.45. The molecule has 2 heterocycles. The molecule has 0 aromatic carbocycles. The molecule has 4 nitrogen and oxygen atoms in total. The first-order valence-electron chi connectivity index (χ1n) is 4.60. The summed E-state index contributed by atoms with van der Waals surface area (Å²) in [6, 6.07) is 7.08. The quantitative estimate of drug-likeness (QED) is 0.817. The van der Waals surface area contributed by atoms with Crippen molar-refractivity contribution < 1.29 is 4.74 Å². The molecule has 80 valence electrons. The predicted molar refractivity (Wildman–Crippen MR) is 64.4 cm³/mol. The Morgan fingerprint density at radius 3 is 2.75 bits per heavy atom. The van der Waals surface area contributed by atoms with E-state index in [-0.39, 0.29) is 4.99 Å². The van der Waals surface area contributed by atoms with Gasteiger partial charge in [0.1, 0.15) is 10.7 Å². The maximum atomic E-state index is 5.56. The van der Waals surface area contributed by atoms with E-state index in [9.17, 15) is 0 Å². The molecule has 0 radical (unpaired) electrons. The summed E-state index contributed by atoms with van der Waals surface area (Å²) in [7, 11) is 0. The fourth-order valence-corrected chi connectivity index (χ4v) is 1.33. The van der Waals surface area contributed by atoms with Gasteiger partial charge in [-0.15, -0.1) is 0 Å². The van der Waals surface area contributed by atoms with E-state index in [0.717, 1.165) is 0 Å². The van der Waals surface area contributed by atoms with Crippen molar-refractivity contribution in [2.75, 3.05) is 0 Å². The van der Waals surface area contributed by atoms with Crippen LogP contribution in [-0.4, -0.2) is 15.0 Å². The van der Waals surface area contributed by atoms with E-state index in [2.05, 4.69) is 9.97 Å². The first kappa shape index (κ1) is 10.5. The van der Waals surface area contributed by atoms with Gasteiger partial charge in [-0.1, -0.05) is 12.2 Å². The van der Waals surface area contributed by atoms with E-state index >= 15 is 0 Å². The first-order valence-corrected chi connectivity index (χ1v) is 5.01. The maximum absolute atomic E-state index is 5.56. The monoisotopic (exact) mass is 231 g/mol. The normalized spacial score (nSPS) is 9.75. The molecule has 2 aromatic rings. The van der Waals surface area contributed by atoms with E-state index in [1.165, 1.54) is 0 Å². The van der Waals surface area contributed by atoms with Gasteiger partial charge in [0.05, 0.1) is 11.8 Å². The van der Waals surface area contributed by atoms with Gasteiger partial charge in [0.15, 0.2) is 0 Å². The molecule has 16 heavy (non-hydrogen) atoms. The van der Waals surface area contributed by atoms with Gasteiger partial charge in [0, 0.05) is 12.4 Å². The van der Waals surface area contributed by atoms with Crippen molar-refractivity contribution in [1.82, 2.24) is 9.97 Å². The summed E-state index contributed by atoms with van der Waals surface area (Å²) in [5, 5.41) is 0. The summed E-state index contributed by atoms with van der Waals surface area (Å²) in [5.74, 6) is 0.988. The molecule has 0 saturated carbocycles. The number of hydrogen-bond donors (Lipinski definition) is 1. The third-order valence-corrected chi connectivity index (χ3v) is 2.11. The Morgan fingerprint density at radius 1 is 1.25 bits per heavy atom. The van der Waals surface area contributed by atoms with Crippen LogP contribution in [0.5, 0.6) is 11.6 Å². The SMILES string of the molecule is NC(=S)c1cccnc1Oc1cccnc1. The second-order valence-electron chi connectivity index (χ2n) is 3.01.